The highest BCUT2D eigenvalue weighted by Crippen LogP contribution is 2.25. The largest absolute Gasteiger partial charge is 0.444 e. The van der Waals surface area contributed by atoms with Gasteiger partial charge in [-0.2, -0.15) is 0 Å². The Kier molecular flexibility index (Phi) is 5.59. The molecule has 2 N–H and O–H groups in total. The van der Waals surface area contributed by atoms with Gasteiger partial charge in [0.1, 0.15) is 5.60 Å². The molecule has 2 aromatic carbocycles. The summed E-state index contributed by atoms with van der Waals surface area (Å²) in [5.41, 5.74) is 2.73. The number of benzene rings is 2. The monoisotopic (exact) mass is 472 g/mol. The molecule has 0 aliphatic carbocycles. The molecule has 0 radical (unpaired) electrons. The second kappa shape index (κ2) is 8.61. The SMILES string of the molecule is CC(C)(C)OC(=O)N1CCN(C(=O)c2ccc3[nH]c(-c4cc5ccccc5[nH]c4=O)cc3c2)CC1. The number of piperazine rings is 1. The lowest BCUT2D eigenvalue weighted by Crippen LogP contribution is -2.51. The number of para-hydroxylation sites is 1. The van der Waals surface area contributed by atoms with E-state index in [0.717, 1.165) is 21.8 Å². The van der Waals surface area contributed by atoms with Gasteiger partial charge in [0.25, 0.3) is 11.5 Å². The Morgan fingerprint density at radius 1 is 0.829 bits per heavy atom. The number of nitrogens with zero attached hydrogens (tertiary/aromatic N) is 2. The summed E-state index contributed by atoms with van der Waals surface area (Å²) in [5, 5.41) is 1.80. The molecule has 1 fully saturated rings. The highest BCUT2D eigenvalue weighted by atomic mass is 16.6. The van der Waals surface area contributed by atoms with Crippen LogP contribution in [-0.4, -0.2) is 63.5 Å². The van der Waals surface area contributed by atoms with Crippen LogP contribution in [-0.2, 0) is 4.74 Å². The molecule has 8 nitrogen and oxygen atoms in total. The Bertz CT molecular complexity index is 1490. The summed E-state index contributed by atoms with van der Waals surface area (Å²) in [6.45, 7) is 7.27. The third-order valence-electron chi connectivity index (χ3n) is 6.13. The van der Waals surface area contributed by atoms with E-state index in [9.17, 15) is 14.4 Å². The Balaban J connectivity index is 1.34. The third-order valence-corrected chi connectivity index (χ3v) is 6.13. The number of carbonyl (C=O) groups excluding carboxylic acids is 2. The van der Waals surface area contributed by atoms with E-state index < -0.39 is 5.60 Å². The van der Waals surface area contributed by atoms with Gasteiger partial charge in [0.2, 0.25) is 0 Å². The molecular formula is C27H28N4O4. The standard InChI is InChI=1S/C27H28N4O4/c1-27(2,3)35-26(34)31-12-10-30(11-13-31)25(33)18-8-9-22-19(14-18)16-23(28-22)20-15-17-6-4-5-7-21(17)29-24(20)32/h4-9,14-16,28H,10-13H2,1-3H3,(H,29,32). The van der Waals surface area contributed by atoms with E-state index in [1.807, 2.05) is 69.3 Å². The summed E-state index contributed by atoms with van der Waals surface area (Å²) in [7, 11) is 0. The van der Waals surface area contributed by atoms with Gasteiger partial charge in [-0.15, -0.1) is 0 Å². The maximum Gasteiger partial charge on any atom is 0.410 e. The number of nitrogens with one attached hydrogen (secondary N) is 2. The van der Waals surface area contributed by atoms with Crippen molar-refractivity contribution in [1.82, 2.24) is 19.8 Å². The van der Waals surface area contributed by atoms with E-state index in [1.54, 1.807) is 15.9 Å². The molecular weight excluding hydrogens is 444 g/mol. The summed E-state index contributed by atoms with van der Waals surface area (Å²) in [6, 6.07) is 16.9. The second-order valence-corrected chi connectivity index (χ2v) is 9.84. The number of pyridine rings is 1. The van der Waals surface area contributed by atoms with Crippen LogP contribution in [0.25, 0.3) is 33.1 Å². The van der Waals surface area contributed by atoms with E-state index in [2.05, 4.69) is 9.97 Å². The number of fused-ring (bicyclic) bond motifs is 2. The lowest BCUT2D eigenvalue weighted by atomic mass is 10.1. The van der Waals surface area contributed by atoms with Gasteiger partial charge in [0.05, 0.1) is 11.3 Å². The van der Waals surface area contributed by atoms with Crippen LogP contribution in [0.3, 0.4) is 0 Å². The minimum Gasteiger partial charge on any atom is -0.444 e. The van der Waals surface area contributed by atoms with Gasteiger partial charge in [-0.05, 0) is 62.6 Å². The minimum absolute atomic E-state index is 0.0814. The van der Waals surface area contributed by atoms with Crippen LogP contribution in [0.4, 0.5) is 4.79 Å². The van der Waals surface area contributed by atoms with Crippen molar-refractivity contribution in [3.8, 4) is 11.3 Å². The van der Waals surface area contributed by atoms with Crippen molar-refractivity contribution in [3.63, 3.8) is 0 Å². The molecule has 180 valence electrons. The average molecular weight is 473 g/mol. The van der Waals surface area contributed by atoms with Gasteiger partial charge < -0.3 is 24.5 Å². The fraction of sp³-hybridized carbons (Fsp3) is 0.296. The number of hydrogen-bond acceptors (Lipinski definition) is 4. The Hall–Kier alpha value is -4.07. The van der Waals surface area contributed by atoms with Crippen molar-refractivity contribution in [2.24, 2.45) is 0 Å². The molecule has 2 amide bonds. The summed E-state index contributed by atoms with van der Waals surface area (Å²) in [5.74, 6) is -0.0814. The molecule has 0 bridgehead atoms. The van der Waals surface area contributed by atoms with Crippen molar-refractivity contribution in [1.29, 1.82) is 0 Å². The highest BCUT2D eigenvalue weighted by Gasteiger charge is 2.28. The van der Waals surface area contributed by atoms with E-state index in [1.165, 1.54) is 0 Å². The third kappa shape index (κ3) is 4.64. The van der Waals surface area contributed by atoms with Gasteiger partial charge in [0.15, 0.2) is 0 Å². The van der Waals surface area contributed by atoms with Crippen molar-refractivity contribution in [2.75, 3.05) is 26.2 Å². The normalized spacial score (nSPS) is 14.5. The van der Waals surface area contributed by atoms with Gasteiger partial charge in [-0.25, -0.2) is 4.79 Å². The second-order valence-electron chi connectivity index (χ2n) is 9.84. The number of aromatic amines is 2. The van der Waals surface area contributed by atoms with Crippen LogP contribution in [0.15, 0.2) is 59.4 Å². The molecule has 3 heterocycles. The van der Waals surface area contributed by atoms with Crippen LogP contribution in [0, 0.1) is 0 Å². The van der Waals surface area contributed by atoms with Crippen LogP contribution in [0.2, 0.25) is 0 Å². The predicted octanol–water partition coefficient (Wildman–Crippen LogP) is 4.37. The fourth-order valence-corrected chi connectivity index (χ4v) is 4.36. The molecule has 35 heavy (non-hydrogen) atoms. The summed E-state index contributed by atoms with van der Waals surface area (Å²) in [6.07, 6.45) is -0.352. The first-order valence-electron chi connectivity index (χ1n) is 11.7. The van der Waals surface area contributed by atoms with E-state index in [-0.39, 0.29) is 17.6 Å². The predicted molar refractivity (Wildman–Crippen MR) is 136 cm³/mol. The number of amides is 2. The first-order chi connectivity index (χ1) is 16.7. The molecule has 8 heteroatoms. The number of H-pyrrole nitrogens is 2. The average Bonchev–Trinajstić information content (AvgIpc) is 3.25. The number of ether oxygens (including phenoxy) is 1. The van der Waals surface area contributed by atoms with Gasteiger partial charge >= 0.3 is 6.09 Å². The van der Waals surface area contributed by atoms with Crippen LogP contribution >= 0.6 is 0 Å². The van der Waals surface area contributed by atoms with Crippen molar-refractivity contribution in [2.45, 2.75) is 26.4 Å². The zero-order valence-electron chi connectivity index (χ0n) is 20.1. The quantitative estimate of drug-likeness (QED) is 0.453. The summed E-state index contributed by atoms with van der Waals surface area (Å²) < 4.78 is 5.43. The Morgan fingerprint density at radius 2 is 1.51 bits per heavy atom. The molecule has 1 aliphatic heterocycles. The molecule has 0 saturated carbocycles. The van der Waals surface area contributed by atoms with Gasteiger partial charge in [0, 0.05) is 48.2 Å². The smallest absolute Gasteiger partial charge is 0.410 e. The number of aromatic nitrogens is 2. The fourth-order valence-electron chi connectivity index (χ4n) is 4.36. The molecule has 0 atom stereocenters. The lowest BCUT2D eigenvalue weighted by Gasteiger charge is -2.35. The van der Waals surface area contributed by atoms with Crippen molar-refractivity contribution >= 4 is 33.8 Å². The first kappa shape index (κ1) is 22.7. The van der Waals surface area contributed by atoms with Crippen molar-refractivity contribution < 1.29 is 14.3 Å². The van der Waals surface area contributed by atoms with Crippen molar-refractivity contribution in [3.05, 3.63) is 70.5 Å². The van der Waals surface area contributed by atoms with Crippen LogP contribution < -0.4 is 5.56 Å². The number of hydrogen-bond donors (Lipinski definition) is 2. The minimum atomic E-state index is -0.549. The molecule has 0 spiro atoms. The number of carbonyl (C=O) groups is 2. The zero-order valence-corrected chi connectivity index (χ0v) is 20.1. The van der Waals surface area contributed by atoms with Crippen LogP contribution in [0.5, 0.6) is 0 Å². The zero-order chi connectivity index (χ0) is 24.7. The maximum atomic E-state index is 13.2. The molecule has 1 saturated heterocycles. The first-order valence-corrected chi connectivity index (χ1v) is 11.7. The van der Waals surface area contributed by atoms with E-state index in [0.29, 0.717) is 43.0 Å². The topological polar surface area (TPSA) is 98.5 Å². The Labute approximate surface area is 202 Å². The molecule has 0 unspecified atom stereocenters. The molecule has 5 rings (SSSR count). The van der Waals surface area contributed by atoms with E-state index >= 15 is 0 Å². The van der Waals surface area contributed by atoms with E-state index in [4.69, 9.17) is 4.74 Å². The van der Waals surface area contributed by atoms with Crippen LogP contribution in [0.1, 0.15) is 31.1 Å². The molecule has 4 aromatic rings. The molecule has 2 aromatic heterocycles. The summed E-state index contributed by atoms with van der Waals surface area (Å²) >= 11 is 0. The lowest BCUT2D eigenvalue weighted by molar-refractivity contribution is 0.0141. The number of rotatable bonds is 2. The maximum absolute atomic E-state index is 13.2. The van der Waals surface area contributed by atoms with Gasteiger partial charge in [-0.3, -0.25) is 9.59 Å². The summed E-state index contributed by atoms with van der Waals surface area (Å²) in [4.78, 5) is 47.7. The van der Waals surface area contributed by atoms with Gasteiger partial charge in [-0.1, -0.05) is 18.2 Å². The highest BCUT2D eigenvalue weighted by molar-refractivity contribution is 5.99. The Morgan fingerprint density at radius 3 is 2.26 bits per heavy atom. The molecule has 1 aliphatic rings.